The van der Waals surface area contributed by atoms with Crippen LogP contribution in [0.4, 0.5) is 11.4 Å². The second-order valence-electron chi connectivity index (χ2n) is 9.86. The van der Waals surface area contributed by atoms with Gasteiger partial charge < -0.3 is 9.74 Å². The number of nitrogens with zero attached hydrogens (tertiary/aromatic N) is 2. The van der Waals surface area contributed by atoms with Gasteiger partial charge in [0.05, 0.1) is 11.4 Å². The molecule has 1 heterocycles. The van der Waals surface area contributed by atoms with Crippen molar-refractivity contribution >= 4 is 74.1 Å². The Kier molecular flexibility index (Phi) is 9.85. The van der Waals surface area contributed by atoms with Crippen molar-refractivity contribution in [3.63, 3.8) is 0 Å². The number of rotatable bonds is 10. The van der Waals surface area contributed by atoms with E-state index < -0.39 is 5.97 Å². The summed E-state index contributed by atoms with van der Waals surface area (Å²) in [6.07, 6.45) is 0.325. The standard InChI is InChI=1S/C34H29BrN2O4S2/c1-4-37-29-15-9-23(33(39)27-8-6-5-7-21(27)2)19-31(29)43-32-20-24(10-16-30(32)37)34(40)28(36-41-22(3)38)17-18-42-26-13-11-25(35)12-14-26/h5-16,19-20H,4,17-18H2,1-3H3/b36-28+. The van der Waals surface area contributed by atoms with E-state index in [1.807, 2.05) is 85.8 Å². The van der Waals surface area contributed by atoms with Gasteiger partial charge in [-0.05, 0) is 80.1 Å². The number of anilines is 2. The Morgan fingerprint density at radius 1 is 0.907 bits per heavy atom. The number of ketones is 2. The third-order valence-corrected chi connectivity index (χ3v) is 9.56. The third kappa shape index (κ3) is 7.12. The van der Waals surface area contributed by atoms with Crippen molar-refractivity contribution in [1.82, 2.24) is 0 Å². The number of benzene rings is 4. The average Bonchev–Trinajstić information content (AvgIpc) is 3.01. The van der Waals surface area contributed by atoms with Crippen LogP contribution in [0.25, 0.3) is 0 Å². The Bertz CT molecular complexity index is 1740. The van der Waals surface area contributed by atoms with E-state index in [4.69, 9.17) is 4.84 Å². The predicted molar refractivity (Wildman–Crippen MR) is 177 cm³/mol. The monoisotopic (exact) mass is 672 g/mol. The summed E-state index contributed by atoms with van der Waals surface area (Å²) >= 11 is 6.56. The van der Waals surface area contributed by atoms with Crippen LogP contribution in [0.5, 0.6) is 0 Å². The fourth-order valence-corrected chi connectivity index (χ4v) is 7.07. The molecule has 0 fully saturated rings. The van der Waals surface area contributed by atoms with E-state index in [1.54, 1.807) is 17.8 Å². The summed E-state index contributed by atoms with van der Waals surface area (Å²) in [7, 11) is 0. The average molecular weight is 674 g/mol. The highest BCUT2D eigenvalue weighted by Gasteiger charge is 2.26. The number of hydrogen-bond donors (Lipinski definition) is 0. The fourth-order valence-electron chi connectivity index (χ4n) is 4.78. The topological polar surface area (TPSA) is 76.0 Å². The molecule has 0 bridgehead atoms. The molecule has 0 spiro atoms. The van der Waals surface area contributed by atoms with Crippen LogP contribution in [0.3, 0.4) is 0 Å². The number of oxime groups is 1. The molecule has 0 aliphatic carbocycles. The molecule has 0 amide bonds. The number of hydrogen-bond acceptors (Lipinski definition) is 8. The molecule has 0 saturated carbocycles. The van der Waals surface area contributed by atoms with Crippen LogP contribution >= 0.6 is 39.5 Å². The Morgan fingerprint density at radius 3 is 2.21 bits per heavy atom. The van der Waals surface area contributed by atoms with Gasteiger partial charge in [-0.15, -0.1) is 11.8 Å². The van der Waals surface area contributed by atoms with Gasteiger partial charge in [0.1, 0.15) is 5.71 Å². The molecule has 1 aliphatic heterocycles. The molecule has 1 aliphatic rings. The maximum atomic E-state index is 13.7. The number of Topliss-reactive ketones (excluding diaryl/α,β-unsaturated/α-hetero) is 1. The van der Waals surface area contributed by atoms with Crippen LogP contribution in [-0.2, 0) is 9.63 Å². The van der Waals surface area contributed by atoms with E-state index in [2.05, 4.69) is 32.9 Å². The third-order valence-electron chi connectivity index (χ3n) is 6.92. The van der Waals surface area contributed by atoms with Gasteiger partial charge in [0.15, 0.2) is 5.78 Å². The highest BCUT2D eigenvalue weighted by molar-refractivity contribution is 9.10. The molecule has 0 radical (unpaired) electrons. The number of carbonyl (C=O) groups excluding carboxylic acids is 3. The number of aryl methyl sites for hydroxylation is 1. The Balaban J connectivity index is 1.40. The smallest absolute Gasteiger partial charge is 0.331 e. The van der Waals surface area contributed by atoms with Gasteiger partial charge >= 0.3 is 5.97 Å². The number of thioether (sulfide) groups is 1. The molecule has 5 rings (SSSR count). The minimum absolute atomic E-state index is 0.0217. The van der Waals surface area contributed by atoms with Crippen LogP contribution in [-0.4, -0.2) is 35.5 Å². The number of fused-ring (bicyclic) bond motifs is 2. The minimum atomic E-state index is -0.585. The molecule has 4 aromatic rings. The highest BCUT2D eigenvalue weighted by atomic mass is 79.9. The zero-order valence-electron chi connectivity index (χ0n) is 23.9. The number of carbonyl (C=O) groups is 3. The first-order valence-corrected chi connectivity index (χ1v) is 16.4. The van der Waals surface area contributed by atoms with Gasteiger partial charge in [-0.3, -0.25) is 9.59 Å². The maximum absolute atomic E-state index is 13.7. The molecular formula is C34H29BrN2O4S2. The first kappa shape index (κ1) is 30.8. The summed E-state index contributed by atoms with van der Waals surface area (Å²) in [6, 6.07) is 26.9. The van der Waals surface area contributed by atoms with Crippen molar-refractivity contribution in [2.75, 3.05) is 17.2 Å². The summed E-state index contributed by atoms with van der Waals surface area (Å²) in [5.41, 5.74) is 4.87. The highest BCUT2D eigenvalue weighted by Crippen LogP contribution is 2.48. The lowest BCUT2D eigenvalue weighted by Gasteiger charge is -2.32. The van der Waals surface area contributed by atoms with Crippen LogP contribution in [0.15, 0.2) is 109 Å². The SMILES string of the molecule is CCN1c2ccc(C(=O)/C(CCSc3ccc(Br)cc3)=N/OC(C)=O)cc2Sc2cc(C(=O)c3ccccc3C)ccc21. The lowest BCUT2D eigenvalue weighted by atomic mass is 9.99. The molecule has 43 heavy (non-hydrogen) atoms. The Labute approximate surface area is 268 Å². The summed E-state index contributed by atoms with van der Waals surface area (Å²) in [6.45, 7) is 5.98. The van der Waals surface area contributed by atoms with Crippen LogP contribution < -0.4 is 4.90 Å². The predicted octanol–water partition coefficient (Wildman–Crippen LogP) is 8.90. The maximum Gasteiger partial charge on any atom is 0.331 e. The van der Waals surface area contributed by atoms with Gasteiger partial charge in [-0.1, -0.05) is 57.1 Å². The van der Waals surface area contributed by atoms with Crippen LogP contribution in [0.2, 0.25) is 0 Å². The van der Waals surface area contributed by atoms with E-state index in [0.29, 0.717) is 35.4 Å². The van der Waals surface area contributed by atoms with E-state index in [9.17, 15) is 14.4 Å². The van der Waals surface area contributed by atoms with Gasteiger partial charge in [0.25, 0.3) is 0 Å². The first-order chi connectivity index (χ1) is 20.7. The largest absolute Gasteiger partial charge is 0.340 e. The Morgan fingerprint density at radius 2 is 1.56 bits per heavy atom. The van der Waals surface area contributed by atoms with E-state index in [0.717, 1.165) is 36.1 Å². The molecule has 0 N–H and O–H groups in total. The summed E-state index contributed by atoms with van der Waals surface area (Å²) in [5.74, 6) is -0.315. The van der Waals surface area contributed by atoms with Gasteiger partial charge in [0.2, 0.25) is 5.78 Å². The molecule has 9 heteroatoms. The van der Waals surface area contributed by atoms with Crippen molar-refractivity contribution in [1.29, 1.82) is 0 Å². The fraction of sp³-hybridized carbons (Fsp3) is 0.176. The normalized spacial score (nSPS) is 12.4. The van der Waals surface area contributed by atoms with E-state index in [1.165, 1.54) is 18.7 Å². The lowest BCUT2D eigenvalue weighted by molar-refractivity contribution is -0.140. The Hall–Kier alpha value is -3.66. The van der Waals surface area contributed by atoms with Gasteiger partial charge in [-0.2, -0.15) is 0 Å². The molecule has 0 unspecified atom stereocenters. The zero-order valence-corrected chi connectivity index (χ0v) is 27.1. The van der Waals surface area contributed by atoms with Crippen molar-refractivity contribution < 1.29 is 19.2 Å². The van der Waals surface area contributed by atoms with E-state index >= 15 is 0 Å². The quantitative estimate of drug-likeness (QED) is 0.0547. The minimum Gasteiger partial charge on any atom is -0.340 e. The summed E-state index contributed by atoms with van der Waals surface area (Å²) in [4.78, 5) is 48.5. The van der Waals surface area contributed by atoms with Crippen LogP contribution in [0.1, 0.15) is 52.1 Å². The molecule has 0 atom stereocenters. The summed E-state index contributed by atoms with van der Waals surface area (Å²) in [5, 5.41) is 3.93. The number of halogens is 1. The van der Waals surface area contributed by atoms with Crippen molar-refractivity contribution in [3.8, 4) is 0 Å². The second-order valence-corrected chi connectivity index (χ2v) is 13.0. The van der Waals surface area contributed by atoms with E-state index in [-0.39, 0.29) is 17.3 Å². The van der Waals surface area contributed by atoms with Gasteiger partial charge in [0, 0.05) is 61.5 Å². The second kappa shape index (κ2) is 13.8. The summed E-state index contributed by atoms with van der Waals surface area (Å²) < 4.78 is 0.993. The van der Waals surface area contributed by atoms with Crippen molar-refractivity contribution in [3.05, 3.63) is 112 Å². The molecule has 6 nitrogen and oxygen atoms in total. The first-order valence-electron chi connectivity index (χ1n) is 13.8. The van der Waals surface area contributed by atoms with Crippen molar-refractivity contribution in [2.45, 2.75) is 41.9 Å². The lowest BCUT2D eigenvalue weighted by Crippen LogP contribution is -2.21. The molecule has 0 aromatic heterocycles. The molecular weight excluding hydrogens is 644 g/mol. The van der Waals surface area contributed by atoms with Gasteiger partial charge in [-0.25, -0.2) is 4.79 Å². The van der Waals surface area contributed by atoms with Crippen molar-refractivity contribution in [2.24, 2.45) is 5.16 Å². The molecule has 218 valence electrons. The molecule has 4 aromatic carbocycles. The molecule has 0 saturated heterocycles. The van der Waals surface area contributed by atoms with Crippen LogP contribution in [0, 0.1) is 6.92 Å². The zero-order chi connectivity index (χ0) is 30.5.